The summed E-state index contributed by atoms with van der Waals surface area (Å²) in [6, 6.07) is 28.7. The Labute approximate surface area is 378 Å². The van der Waals surface area contributed by atoms with E-state index in [1.54, 1.807) is 7.11 Å². The molecule has 0 unspecified atom stereocenters. The van der Waals surface area contributed by atoms with E-state index in [2.05, 4.69) is 10.6 Å². The Morgan fingerprint density at radius 2 is 0.844 bits per heavy atom. The largest absolute Gasteiger partial charge is 0.382 e. The maximum atomic E-state index is 13.2. The molecule has 0 spiro atoms. The Morgan fingerprint density at radius 1 is 0.453 bits per heavy atom. The predicted molar refractivity (Wildman–Crippen MR) is 240 cm³/mol. The second-order valence-corrected chi connectivity index (χ2v) is 14.9. The van der Waals surface area contributed by atoms with Crippen molar-refractivity contribution in [3.05, 3.63) is 108 Å². The highest BCUT2D eigenvalue weighted by atomic mass is 16.7. The number of carbonyl (C=O) groups is 5. The van der Waals surface area contributed by atoms with Gasteiger partial charge < -0.3 is 24.8 Å². The number of hydrogen-bond donors (Lipinski definition) is 2. The Hall–Kier alpha value is -5.23. The highest BCUT2D eigenvalue weighted by Gasteiger charge is 2.18. The lowest BCUT2D eigenvalue weighted by atomic mass is 10.2. The van der Waals surface area contributed by atoms with Gasteiger partial charge in [0.25, 0.3) is 0 Å². The molecule has 0 radical (unpaired) electrons. The number of carbonyl (C=O) groups excluding carboxylic acids is 5. The van der Waals surface area contributed by atoms with Crippen LogP contribution in [0.1, 0.15) is 87.8 Å². The number of hydroxylamine groups is 6. The molecule has 16 nitrogen and oxygen atoms in total. The lowest BCUT2D eigenvalue weighted by molar-refractivity contribution is -0.195. The molecule has 3 aromatic rings. The molecule has 3 rings (SSSR count). The van der Waals surface area contributed by atoms with Crippen molar-refractivity contribution in [2.24, 2.45) is 0 Å². The first-order valence-electron chi connectivity index (χ1n) is 22.3. The van der Waals surface area contributed by atoms with Gasteiger partial charge in [0.1, 0.15) is 19.8 Å². The van der Waals surface area contributed by atoms with Crippen LogP contribution in [0.25, 0.3) is 0 Å². The third-order valence-corrected chi connectivity index (χ3v) is 9.69. The molecule has 3 aromatic carbocycles. The molecule has 0 heterocycles. The molecule has 16 heteroatoms. The molecule has 0 saturated carbocycles. The van der Waals surface area contributed by atoms with Crippen molar-refractivity contribution < 1.29 is 52.7 Å². The molecule has 0 bridgehead atoms. The summed E-state index contributed by atoms with van der Waals surface area (Å²) in [6.07, 6.45) is 4.22. The van der Waals surface area contributed by atoms with Crippen LogP contribution < -0.4 is 10.6 Å². The zero-order valence-electron chi connectivity index (χ0n) is 37.8. The Kier molecular flexibility index (Phi) is 28.4. The average molecular weight is 892 g/mol. The number of benzene rings is 3. The summed E-state index contributed by atoms with van der Waals surface area (Å²) in [6.45, 7) is 6.04. The number of hydrogen-bond acceptors (Lipinski definition) is 11. The fourth-order valence-electron chi connectivity index (χ4n) is 6.06. The molecule has 0 saturated heterocycles. The van der Waals surface area contributed by atoms with Gasteiger partial charge in [-0.05, 0) is 55.2 Å². The quantitative estimate of drug-likeness (QED) is 0.0542. The molecule has 0 aromatic heterocycles. The monoisotopic (exact) mass is 891 g/mol. The van der Waals surface area contributed by atoms with E-state index >= 15 is 0 Å². The van der Waals surface area contributed by atoms with E-state index < -0.39 is 0 Å². The third kappa shape index (κ3) is 25.2. The van der Waals surface area contributed by atoms with Gasteiger partial charge in [-0.25, -0.2) is 15.2 Å². The summed E-state index contributed by atoms with van der Waals surface area (Å²) in [5, 5.41) is 9.72. The fraction of sp³-hybridized carbons (Fsp3) is 0.521. The Bertz CT molecular complexity index is 1720. The summed E-state index contributed by atoms with van der Waals surface area (Å²) in [5.74, 6) is -1.23. The zero-order chi connectivity index (χ0) is 45.9. The fourth-order valence-corrected chi connectivity index (χ4v) is 6.06. The van der Waals surface area contributed by atoms with Crippen LogP contribution >= 0.6 is 0 Å². The van der Waals surface area contributed by atoms with Crippen LogP contribution in [0, 0.1) is 0 Å². The molecular weight excluding hydrogens is 823 g/mol. The van der Waals surface area contributed by atoms with Crippen molar-refractivity contribution in [1.82, 2.24) is 25.8 Å². The van der Waals surface area contributed by atoms with Gasteiger partial charge in [-0.2, -0.15) is 0 Å². The maximum Gasteiger partial charge on any atom is 0.246 e. The summed E-state index contributed by atoms with van der Waals surface area (Å²) in [4.78, 5) is 81.0. The lowest BCUT2D eigenvalue weighted by Gasteiger charge is -2.22. The highest BCUT2D eigenvalue weighted by molar-refractivity contribution is 5.84. The summed E-state index contributed by atoms with van der Waals surface area (Å²) < 4.78 is 16.0. The maximum absolute atomic E-state index is 13.2. The predicted octanol–water partition coefficient (Wildman–Crippen LogP) is 5.70. The van der Waals surface area contributed by atoms with Crippen molar-refractivity contribution in [2.75, 3.05) is 72.9 Å². The first-order valence-corrected chi connectivity index (χ1v) is 22.3. The number of unbranched alkanes of at least 4 members (excludes halogenated alkanes) is 4. The molecule has 0 aliphatic rings. The molecule has 0 atom stereocenters. The number of amides is 5. The van der Waals surface area contributed by atoms with E-state index in [0.29, 0.717) is 78.5 Å². The minimum absolute atomic E-state index is 0.00620. The summed E-state index contributed by atoms with van der Waals surface area (Å²) >= 11 is 0. The molecular formula is C48H69N5O11. The molecule has 64 heavy (non-hydrogen) atoms. The molecule has 5 amide bonds. The van der Waals surface area contributed by atoms with Crippen LogP contribution in [-0.2, 0) is 72.5 Å². The molecule has 0 aliphatic heterocycles. The zero-order valence-corrected chi connectivity index (χ0v) is 37.8. The standard InChI is InChI=1S/C48H69N5O11/c1-41(54)51(62-38-42-18-8-3-9-19-42)30-16-6-14-28-49-45(55)24-26-47(57)52(63-39-43-20-10-4-11-21-43)31-17-7-15-29-50-46(56)25-27-48(58)53(64-40-44-22-12-5-13-23-44)32-33-60-36-37-61-35-34-59-2/h3-5,8-13,18-23H,6-7,14-17,24-40H2,1-2H3,(H,49,55)(H,50,56). The average Bonchev–Trinajstić information content (AvgIpc) is 3.31. The molecule has 2 N–H and O–H groups in total. The van der Waals surface area contributed by atoms with Crippen LogP contribution in [0.3, 0.4) is 0 Å². The molecule has 0 aliphatic carbocycles. The van der Waals surface area contributed by atoms with Gasteiger partial charge in [-0.3, -0.25) is 38.5 Å². The van der Waals surface area contributed by atoms with Crippen LogP contribution in [0.5, 0.6) is 0 Å². The van der Waals surface area contributed by atoms with Gasteiger partial charge in [0, 0.05) is 65.9 Å². The van der Waals surface area contributed by atoms with E-state index in [9.17, 15) is 24.0 Å². The SMILES string of the molecule is COCCOCCOCCN(OCc1ccccc1)C(=O)CCC(=O)NCCCCCN(OCc1ccccc1)C(=O)CCC(=O)NCCCCCN(OCc1ccccc1)C(C)=O. The number of ether oxygens (including phenoxy) is 3. The molecule has 352 valence electrons. The van der Waals surface area contributed by atoms with Gasteiger partial charge in [-0.1, -0.05) is 91.0 Å². The smallest absolute Gasteiger partial charge is 0.246 e. The summed E-state index contributed by atoms with van der Waals surface area (Å²) in [5.41, 5.74) is 2.80. The highest BCUT2D eigenvalue weighted by Crippen LogP contribution is 2.11. The van der Waals surface area contributed by atoms with E-state index in [4.69, 9.17) is 28.7 Å². The van der Waals surface area contributed by atoms with E-state index in [0.717, 1.165) is 36.0 Å². The van der Waals surface area contributed by atoms with Gasteiger partial charge in [0.15, 0.2) is 0 Å². The van der Waals surface area contributed by atoms with E-state index in [1.807, 2.05) is 91.0 Å². The molecule has 0 fully saturated rings. The van der Waals surface area contributed by atoms with Crippen LogP contribution in [0.2, 0.25) is 0 Å². The van der Waals surface area contributed by atoms with Gasteiger partial charge in [0.05, 0.1) is 39.6 Å². The van der Waals surface area contributed by atoms with Gasteiger partial charge >= 0.3 is 0 Å². The normalized spacial score (nSPS) is 10.9. The van der Waals surface area contributed by atoms with Crippen molar-refractivity contribution >= 4 is 29.5 Å². The van der Waals surface area contributed by atoms with Crippen LogP contribution in [0.15, 0.2) is 91.0 Å². The third-order valence-electron chi connectivity index (χ3n) is 9.69. The Morgan fingerprint density at radius 3 is 1.28 bits per heavy atom. The van der Waals surface area contributed by atoms with Crippen molar-refractivity contribution in [3.63, 3.8) is 0 Å². The summed E-state index contributed by atoms with van der Waals surface area (Å²) in [7, 11) is 1.61. The van der Waals surface area contributed by atoms with E-state index in [-0.39, 0.29) is 81.6 Å². The van der Waals surface area contributed by atoms with E-state index in [1.165, 1.54) is 22.1 Å². The van der Waals surface area contributed by atoms with Crippen LogP contribution in [0.4, 0.5) is 0 Å². The lowest BCUT2D eigenvalue weighted by Crippen LogP contribution is -2.35. The van der Waals surface area contributed by atoms with Gasteiger partial charge in [-0.15, -0.1) is 0 Å². The topological polar surface area (TPSA) is 175 Å². The Balaban J connectivity index is 1.32. The number of rotatable bonds is 36. The second-order valence-electron chi connectivity index (χ2n) is 14.9. The second kappa shape index (κ2) is 34.2. The minimum atomic E-state index is -0.320. The number of methoxy groups -OCH3 is 1. The van der Waals surface area contributed by atoms with Crippen molar-refractivity contribution in [3.8, 4) is 0 Å². The first-order chi connectivity index (χ1) is 31.2. The number of nitrogens with zero attached hydrogens (tertiary/aromatic N) is 3. The minimum Gasteiger partial charge on any atom is -0.382 e. The first kappa shape index (κ1) is 53.1. The van der Waals surface area contributed by atoms with Crippen molar-refractivity contribution in [1.29, 1.82) is 0 Å². The van der Waals surface area contributed by atoms with Gasteiger partial charge in [0.2, 0.25) is 29.5 Å². The number of nitrogens with one attached hydrogen (secondary N) is 2. The van der Waals surface area contributed by atoms with Crippen molar-refractivity contribution in [2.45, 2.75) is 91.0 Å². The van der Waals surface area contributed by atoms with Crippen LogP contribution in [-0.4, -0.2) is 118 Å².